The Bertz CT molecular complexity index is 138. The zero-order valence-corrected chi connectivity index (χ0v) is 8.39. The van der Waals surface area contributed by atoms with Crippen molar-refractivity contribution in [2.45, 2.75) is 51.9 Å². The smallest absolute Gasteiger partial charge is 0.143 e. The first kappa shape index (κ1) is 9.76. The van der Waals surface area contributed by atoms with E-state index >= 15 is 0 Å². The normalized spacial score (nSPS) is 16.6. The molecule has 12 heavy (non-hydrogen) atoms. The van der Waals surface area contributed by atoms with Gasteiger partial charge >= 0.3 is 0 Å². The van der Waals surface area contributed by atoms with Crippen molar-refractivity contribution in [1.82, 2.24) is 0 Å². The molecule has 1 heterocycles. The third-order valence-corrected chi connectivity index (χ3v) is 2.59. The minimum absolute atomic E-state index is 1.31. The standard InChI is InChI=1S/C11H22N/c1-2-3-4-5-6-9-12-10-7-8-11-12/h10H,2-9,11H2,1H3/q+1. The molecule has 0 saturated heterocycles. The first-order valence-corrected chi connectivity index (χ1v) is 5.51. The van der Waals surface area contributed by atoms with Gasteiger partial charge in [-0.05, 0) is 6.42 Å². The molecule has 0 spiro atoms. The van der Waals surface area contributed by atoms with Gasteiger partial charge in [0.15, 0.2) is 0 Å². The van der Waals surface area contributed by atoms with E-state index < -0.39 is 0 Å². The Balaban J connectivity index is 1.88. The van der Waals surface area contributed by atoms with Crippen LogP contribution in [0.15, 0.2) is 0 Å². The second-order valence-corrected chi connectivity index (χ2v) is 3.77. The molecule has 0 atom stereocenters. The van der Waals surface area contributed by atoms with Crippen LogP contribution in [0.3, 0.4) is 0 Å². The molecule has 1 nitrogen and oxygen atoms in total. The van der Waals surface area contributed by atoms with Gasteiger partial charge in [0.1, 0.15) is 19.3 Å². The van der Waals surface area contributed by atoms with Crippen molar-refractivity contribution in [1.29, 1.82) is 0 Å². The summed E-state index contributed by atoms with van der Waals surface area (Å²) in [4.78, 5) is 0. The Morgan fingerprint density at radius 1 is 1.17 bits per heavy atom. The molecule has 0 fully saturated rings. The highest BCUT2D eigenvalue weighted by molar-refractivity contribution is 5.52. The fraction of sp³-hybridized carbons (Fsp3) is 0.909. The van der Waals surface area contributed by atoms with Crippen LogP contribution in [-0.2, 0) is 0 Å². The first-order chi connectivity index (χ1) is 5.93. The van der Waals surface area contributed by atoms with E-state index in [1.165, 1.54) is 58.0 Å². The summed E-state index contributed by atoms with van der Waals surface area (Å²) in [5.41, 5.74) is 0. The van der Waals surface area contributed by atoms with E-state index in [4.69, 9.17) is 0 Å². The van der Waals surface area contributed by atoms with Crippen molar-refractivity contribution in [3.63, 3.8) is 0 Å². The van der Waals surface area contributed by atoms with Gasteiger partial charge in [-0.2, -0.15) is 0 Å². The Morgan fingerprint density at radius 2 is 2.00 bits per heavy atom. The minimum Gasteiger partial charge on any atom is -0.240 e. The maximum absolute atomic E-state index is 2.49. The van der Waals surface area contributed by atoms with Crippen molar-refractivity contribution in [2.24, 2.45) is 0 Å². The summed E-state index contributed by atoms with van der Waals surface area (Å²) in [5.74, 6) is 0. The molecule has 1 heteroatoms. The lowest BCUT2D eigenvalue weighted by atomic mass is 10.1. The predicted octanol–water partition coefficient (Wildman–Crippen LogP) is 2.83. The average molecular weight is 168 g/mol. The molecule has 0 bridgehead atoms. The molecule has 1 rings (SSSR count). The SMILES string of the molecule is CCCCCCC[N+]1=CCCC1. The van der Waals surface area contributed by atoms with E-state index in [1.54, 1.807) is 0 Å². The van der Waals surface area contributed by atoms with Crippen molar-refractivity contribution >= 4 is 6.21 Å². The summed E-state index contributed by atoms with van der Waals surface area (Å²) in [7, 11) is 0. The van der Waals surface area contributed by atoms with Gasteiger partial charge in [0.05, 0.1) is 0 Å². The molecule has 70 valence electrons. The van der Waals surface area contributed by atoms with Crippen LogP contribution in [0.25, 0.3) is 0 Å². The van der Waals surface area contributed by atoms with Crippen LogP contribution in [0.1, 0.15) is 51.9 Å². The monoisotopic (exact) mass is 168 g/mol. The van der Waals surface area contributed by atoms with E-state index in [0.29, 0.717) is 0 Å². The zero-order valence-electron chi connectivity index (χ0n) is 8.39. The van der Waals surface area contributed by atoms with Crippen LogP contribution in [0.5, 0.6) is 0 Å². The molecule has 0 aromatic rings. The van der Waals surface area contributed by atoms with Gasteiger partial charge in [-0.15, -0.1) is 0 Å². The lowest BCUT2D eigenvalue weighted by molar-refractivity contribution is -0.516. The van der Waals surface area contributed by atoms with Gasteiger partial charge in [-0.25, -0.2) is 4.58 Å². The molecule has 1 aliphatic heterocycles. The fourth-order valence-electron chi connectivity index (χ4n) is 1.78. The van der Waals surface area contributed by atoms with E-state index in [0.717, 1.165) is 0 Å². The van der Waals surface area contributed by atoms with Crippen LogP contribution < -0.4 is 0 Å². The van der Waals surface area contributed by atoms with Gasteiger partial charge in [0, 0.05) is 19.3 Å². The average Bonchev–Trinajstić information content (AvgIpc) is 2.57. The van der Waals surface area contributed by atoms with E-state index in [9.17, 15) is 0 Å². The molecule has 0 aromatic heterocycles. The van der Waals surface area contributed by atoms with Crippen LogP contribution in [0.2, 0.25) is 0 Å². The molecule has 0 amide bonds. The third kappa shape index (κ3) is 3.89. The Labute approximate surface area is 76.5 Å². The summed E-state index contributed by atoms with van der Waals surface area (Å²) in [6.45, 7) is 4.89. The molecule has 1 aliphatic rings. The Hall–Kier alpha value is -0.330. The number of hydrogen-bond acceptors (Lipinski definition) is 0. The van der Waals surface area contributed by atoms with E-state index in [2.05, 4.69) is 17.7 Å². The predicted molar refractivity (Wildman–Crippen MR) is 54.1 cm³/mol. The van der Waals surface area contributed by atoms with Crippen LogP contribution in [-0.4, -0.2) is 23.9 Å². The number of nitrogens with zero attached hydrogens (tertiary/aromatic N) is 1. The van der Waals surface area contributed by atoms with Crippen molar-refractivity contribution < 1.29 is 4.58 Å². The van der Waals surface area contributed by atoms with Crippen LogP contribution in [0, 0.1) is 0 Å². The van der Waals surface area contributed by atoms with E-state index in [-0.39, 0.29) is 0 Å². The topological polar surface area (TPSA) is 3.01 Å². The van der Waals surface area contributed by atoms with Crippen molar-refractivity contribution in [3.8, 4) is 0 Å². The van der Waals surface area contributed by atoms with Crippen LogP contribution in [0.4, 0.5) is 0 Å². The molecule has 0 N–H and O–H groups in total. The summed E-state index contributed by atoms with van der Waals surface area (Å²) in [6.07, 6.45) is 12.1. The quantitative estimate of drug-likeness (QED) is 0.424. The van der Waals surface area contributed by atoms with Gasteiger partial charge in [0.2, 0.25) is 0 Å². The lowest BCUT2D eigenvalue weighted by Gasteiger charge is -1.98. The summed E-state index contributed by atoms with van der Waals surface area (Å²) >= 11 is 0. The third-order valence-electron chi connectivity index (χ3n) is 2.59. The number of hydrogen-bond donors (Lipinski definition) is 0. The minimum atomic E-state index is 1.31. The fourth-order valence-corrected chi connectivity index (χ4v) is 1.78. The molecule has 0 saturated carbocycles. The number of rotatable bonds is 6. The largest absolute Gasteiger partial charge is 0.240 e. The molecular formula is C11H22N+. The molecule has 0 aliphatic carbocycles. The van der Waals surface area contributed by atoms with Gasteiger partial charge in [-0.3, -0.25) is 0 Å². The Kier molecular flexibility index (Phi) is 5.05. The molecule has 0 unspecified atom stereocenters. The van der Waals surface area contributed by atoms with Gasteiger partial charge in [-0.1, -0.05) is 26.2 Å². The maximum atomic E-state index is 2.49. The summed E-state index contributed by atoms with van der Waals surface area (Å²) < 4.78 is 2.49. The lowest BCUT2D eigenvalue weighted by Crippen LogP contribution is -2.09. The second-order valence-electron chi connectivity index (χ2n) is 3.77. The second kappa shape index (κ2) is 6.22. The highest BCUT2D eigenvalue weighted by Gasteiger charge is 2.09. The molecule has 0 aromatic carbocycles. The number of unbranched alkanes of at least 4 members (excludes halogenated alkanes) is 4. The summed E-state index contributed by atoms with van der Waals surface area (Å²) in [5, 5.41) is 0. The maximum Gasteiger partial charge on any atom is 0.143 e. The van der Waals surface area contributed by atoms with Gasteiger partial charge < -0.3 is 0 Å². The van der Waals surface area contributed by atoms with Crippen LogP contribution >= 0.6 is 0 Å². The van der Waals surface area contributed by atoms with E-state index in [1.807, 2.05) is 0 Å². The van der Waals surface area contributed by atoms with Crippen molar-refractivity contribution in [2.75, 3.05) is 13.1 Å². The zero-order chi connectivity index (χ0) is 8.65. The highest BCUT2D eigenvalue weighted by atomic mass is 15.0. The van der Waals surface area contributed by atoms with Crippen molar-refractivity contribution in [3.05, 3.63) is 0 Å². The first-order valence-electron chi connectivity index (χ1n) is 5.51. The highest BCUT2D eigenvalue weighted by Crippen LogP contribution is 2.04. The van der Waals surface area contributed by atoms with Gasteiger partial charge in [0.25, 0.3) is 0 Å². The molecular weight excluding hydrogens is 146 g/mol. The molecule has 0 radical (unpaired) electrons. The summed E-state index contributed by atoms with van der Waals surface area (Å²) in [6, 6.07) is 0. The Morgan fingerprint density at radius 3 is 2.67 bits per heavy atom.